The maximum Gasteiger partial charge on any atom is 0.181 e. The van der Waals surface area contributed by atoms with Gasteiger partial charge in [-0.2, -0.15) is 5.10 Å². The molecule has 1 aliphatic rings. The van der Waals surface area contributed by atoms with E-state index in [1.807, 2.05) is 19.1 Å². The van der Waals surface area contributed by atoms with Gasteiger partial charge in [-0.1, -0.05) is 0 Å². The van der Waals surface area contributed by atoms with Gasteiger partial charge in [0.25, 0.3) is 0 Å². The molecular formula is C15H17N5O4S. The number of hydrogen-bond donors (Lipinski definition) is 4. The predicted octanol–water partition coefficient (Wildman–Crippen LogP) is 0.0569. The fourth-order valence-electron chi connectivity index (χ4n) is 2.99. The normalized spacial score (nSPS) is 26.6. The number of aliphatic hydroxyl groups is 3. The maximum atomic E-state index is 10.3. The molecule has 9 nitrogen and oxygen atoms in total. The lowest BCUT2D eigenvalue weighted by Crippen LogP contribution is -2.33. The van der Waals surface area contributed by atoms with E-state index in [0.717, 1.165) is 9.75 Å². The van der Waals surface area contributed by atoms with E-state index in [-0.39, 0.29) is 5.82 Å². The van der Waals surface area contributed by atoms with Crippen LogP contribution in [0.3, 0.4) is 0 Å². The van der Waals surface area contributed by atoms with Crippen LogP contribution in [-0.2, 0) is 4.74 Å². The highest BCUT2D eigenvalue weighted by molar-refractivity contribution is 7.15. The standard InChI is InChI=1S/C15H17N5O4S/c1-6-2-3-8(25-6)10-9-13(16)17-5-18-14(9)20(19-10)15-12(23)11(22)7(4-21)24-15/h2-3,5,7,11-12,15,21-23H,4H2,1H3,(H2,16,17,18)/t7-,11-,12-,15-/m1/s1. The van der Waals surface area contributed by atoms with Crippen LogP contribution in [0.15, 0.2) is 18.5 Å². The van der Waals surface area contributed by atoms with Crippen molar-refractivity contribution in [1.82, 2.24) is 19.7 Å². The fourth-order valence-corrected chi connectivity index (χ4v) is 3.85. The molecule has 132 valence electrons. The monoisotopic (exact) mass is 363 g/mol. The molecule has 10 heteroatoms. The van der Waals surface area contributed by atoms with Crippen molar-refractivity contribution in [3.8, 4) is 10.6 Å². The van der Waals surface area contributed by atoms with Crippen molar-refractivity contribution >= 4 is 28.2 Å². The number of ether oxygens (including phenoxy) is 1. The number of aryl methyl sites for hydroxylation is 1. The molecule has 0 saturated carbocycles. The van der Waals surface area contributed by atoms with Gasteiger partial charge in [0.2, 0.25) is 0 Å². The molecule has 0 spiro atoms. The highest BCUT2D eigenvalue weighted by Gasteiger charge is 2.44. The second-order valence-corrected chi connectivity index (χ2v) is 7.18. The molecule has 0 amide bonds. The predicted molar refractivity (Wildman–Crippen MR) is 90.8 cm³/mol. The molecule has 0 unspecified atom stereocenters. The van der Waals surface area contributed by atoms with Crippen LogP contribution in [0.2, 0.25) is 0 Å². The first-order valence-electron chi connectivity index (χ1n) is 7.69. The maximum absolute atomic E-state index is 10.3. The minimum absolute atomic E-state index is 0.268. The van der Waals surface area contributed by atoms with Gasteiger partial charge in [-0.3, -0.25) is 0 Å². The second kappa shape index (κ2) is 6.00. The number of aliphatic hydroxyl groups excluding tert-OH is 3. The van der Waals surface area contributed by atoms with Gasteiger partial charge in [-0.15, -0.1) is 11.3 Å². The number of nitrogens with two attached hydrogens (primary N) is 1. The third kappa shape index (κ3) is 2.50. The largest absolute Gasteiger partial charge is 0.394 e. The van der Waals surface area contributed by atoms with Gasteiger partial charge in [-0.25, -0.2) is 14.6 Å². The van der Waals surface area contributed by atoms with Crippen LogP contribution in [0.4, 0.5) is 5.82 Å². The molecule has 4 heterocycles. The molecule has 1 fully saturated rings. The van der Waals surface area contributed by atoms with Crippen molar-refractivity contribution in [1.29, 1.82) is 0 Å². The third-order valence-corrected chi connectivity index (χ3v) is 5.26. The Labute approximate surface area is 146 Å². The number of aromatic nitrogens is 4. The van der Waals surface area contributed by atoms with E-state index in [4.69, 9.17) is 10.5 Å². The van der Waals surface area contributed by atoms with Crippen molar-refractivity contribution in [2.45, 2.75) is 31.5 Å². The molecule has 3 aromatic rings. The summed E-state index contributed by atoms with van der Waals surface area (Å²) in [4.78, 5) is 10.3. The van der Waals surface area contributed by atoms with Crippen molar-refractivity contribution < 1.29 is 20.1 Å². The Morgan fingerprint density at radius 1 is 1.28 bits per heavy atom. The topological polar surface area (TPSA) is 140 Å². The summed E-state index contributed by atoms with van der Waals surface area (Å²) in [5.74, 6) is 0.268. The smallest absolute Gasteiger partial charge is 0.181 e. The van der Waals surface area contributed by atoms with Gasteiger partial charge >= 0.3 is 0 Å². The summed E-state index contributed by atoms with van der Waals surface area (Å²) in [6.07, 6.45) is -3.06. The minimum atomic E-state index is -1.26. The highest BCUT2D eigenvalue weighted by atomic mass is 32.1. The number of anilines is 1. The van der Waals surface area contributed by atoms with Crippen LogP contribution in [0.25, 0.3) is 21.6 Å². The Hall–Kier alpha value is -2.11. The summed E-state index contributed by atoms with van der Waals surface area (Å²) >= 11 is 1.55. The van der Waals surface area contributed by atoms with Gasteiger partial charge in [0.05, 0.1) is 16.9 Å². The quantitative estimate of drug-likeness (QED) is 0.512. The van der Waals surface area contributed by atoms with Crippen LogP contribution < -0.4 is 5.73 Å². The molecule has 0 aliphatic carbocycles. The zero-order valence-electron chi connectivity index (χ0n) is 13.3. The number of nitrogen functional groups attached to an aromatic ring is 1. The van der Waals surface area contributed by atoms with E-state index in [1.165, 1.54) is 11.0 Å². The number of rotatable bonds is 3. The molecule has 25 heavy (non-hydrogen) atoms. The summed E-state index contributed by atoms with van der Waals surface area (Å²) < 4.78 is 6.97. The Bertz CT molecular complexity index is 926. The zero-order valence-corrected chi connectivity index (χ0v) is 14.1. The Kier molecular flexibility index (Phi) is 3.93. The number of thiophene rings is 1. The Morgan fingerprint density at radius 2 is 2.08 bits per heavy atom. The lowest BCUT2D eigenvalue weighted by atomic mass is 10.1. The summed E-state index contributed by atoms with van der Waals surface area (Å²) in [5.41, 5.74) is 7.02. The molecule has 4 atom stereocenters. The number of hydrogen-bond acceptors (Lipinski definition) is 9. The van der Waals surface area contributed by atoms with Gasteiger partial charge in [-0.05, 0) is 19.1 Å². The molecule has 1 aliphatic heterocycles. The van der Waals surface area contributed by atoms with Crippen LogP contribution >= 0.6 is 11.3 Å². The molecule has 0 aromatic carbocycles. The summed E-state index contributed by atoms with van der Waals surface area (Å²) in [5, 5.41) is 34.7. The molecule has 3 aromatic heterocycles. The van der Waals surface area contributed by atoms with Crippen LogP contribution in [0.1, 0.15) is 11.1 Å². The van der Waals surface area contributed by atoms with Gasteiger partial charge in [0.1, 0.15) is 36.2 Å². The average Bonchev–Trinajstić information content (AvgIpc) is 3.26. The summed E-state index contributed by atoms with van der Waals surface area (Å²) in [6, 6.07) is 3.90. The van der Waals surface area contributed by atoms with E-state index in [9.17, 15) is 15.3 Å². The number of fused-ring (bicyclic) bond motifs is 1. The van der Waals surface area contributed by atoms with E-state index in [1.54, 1.807) is 11.3 Å². The van der Waals surface area contributed by atoms with Gasteiger partial charge in [0.15, 0.2) is 11.9 Å². The van der Waals surface area contributed by atoms with Crippen LogP contribution in [0, 0.1) is 6.92 Å². The third-order valence-electron chi connectivity index (χ3n) is 4.25. The first kappa shape index (κ1) is 16.4. The SMILES string of the molecule is Cc1ccc(-c2nn([C@@H]3O[C@H](CO)[C@@H](O)[C@H]3O)c3ncnc(N)c23)s1. The van der Waals surface area contributed by atoms with E-state index in [2.05, 4.69) is 15.1 Å². The van der Waals surface area contributed by atoms with Crippen LogP contribution in [-0.4, -0.2) is 60.0 Å². The molecule has 5 N–H and O–H groups in total. The van der Waals surface area contributed by atoms with Crippen molar-refractivity contribution in [3.05, 3.63) is 23.3 Å². The number of nitrogens with zero attached hydrogens (tertiary/aromatic N) is 4. The Balaban J connectivity index is 1.90. The lowest BCUT2D eigenvalue weighted by molar-refractivity contribution is -0.0565. The van der Waals surface area contributed by atoms with E-state index < -0.39 is 31.1 Å². The lowest BCUT2D eigenvalue weighted by Gasteiger charge is -2.15. The summed E-state index contributed by atoms with van der Waals surface area (Å²) in [7, 11) is 0. The second-order valence-electron chi connectivity index (χ2n) is 5.89. The average molecular weight is 363 g/mol. The van der Waals surface area contributed by atoms with E-state index in [0.29, 0.717) is 16.7 Å². The zero-order chi connectivity index (χ0) is 17.7. The highest BCUT2D eigenvalue weighted by Crippen LogP contribution is 2.38. The first-order valence-corrected chi connectivity index (χ1v) is 8.51. The van der Waals surface area contributed by atoms with Gasteiger partial charge in [0, 0.05) is 4.88 Å². The Morgan fingerprint density at radius 3 is 2.72 bits per heavy atom. The van der Waals surface area contributed by atoms with Gasteiger partial charge < -0.3 is 25.8 Å². The molecule has 1 saturated heterocycles. The van der Waals surface area contributed by atoms with Crippen LogP contribution in [0.5, 0.6) is 0 Å². The fraction of sp³-hybridized carbons (Fsp3) is 0.400. The molecule has 4 rings (SSSR count). The molecule has 0 radical (unpaired) electrons. The van der Waals surface area contributed by atoms with Crippen molar-refractivity contribution in [2.75, 3.05) is 12.3 Å². The van der Waals surface area contributed by atoms with Crippen molar-refractivity contribution in [3.63, 3.8) is 0 Å². The molecular weight excluding hydrogens is 346 g/mol. The summed E-state index contributed by atoms with van der Waals surface area (Å²) in [6.45, 7) is 1.57. The van der Waals surface area contributed by atoms with E-state index >= 15 is 0 Å². The molecule has 0 bridgehead atoms. The van der Waals surface area contributed by atoms with Crippen molar-refractivity contribution in [2.24, 2.45) is 0 Å². The first-order chi connectivity index (χ1) is 12.0. The minimum Gasteiger partial charge on any atom is -0.394 e.